The molecule has 0 N–H and O–H groups in total. The predicted octanol–water partition coefficient (Wildman–Crippen LogP) is 1.67. The fraction of sp³-hybridized carbons (Fsp3) is 0.261. The fourth-order valence-electron chi connectivity index (χ4n) is 4.60. The van der Waals surface area contributed by atoms with E-state index in [1.165, 1.54) is 20.1 Å². The molecular formula is C23H22Br2Cl2Zr. The smallest absolute Gasteiger partial charge is 1.00 e. The van der Waals surface area contributed by atoms with E-state index in [2.05, 4.69) is 108 Å². The van der Waals surface area contributed by atoms with E-state index in [9.17, 15) is 0 Å². The van der Waals surface area contributed by atoms with Gasteiger partial charge in [-0.3, -0.25) is 0 Å². The van der Waals surface area contributed by atoms with E-state index in [1.54, 1.807) is 25.5 Å². The van der Waals surface area contributed by atoms with Gasteiger partial charge in [-0.05, 0) is 0 Å². The minimum Gasteiger partial charge on any atom is -1.00 e. The molecule has 2 unspecified atom stereocenters. The zero-order valence-electron chi connectivity index (χ0n) is 16.3. The number of fused-ring (bicyclic) bond motifs is 2. The number of hydrogen-bond donors (Lipinski definition) is 0. The summed E-state index contributed by atoms with van der Waals surface area (Å²) in [5, 5.41) is 0. The Bertz CT molecular complexity index is 942. The molecular weight excluding hydrogens is 598 g/mol. The van der Waals surface area contributed by atoms with E-state index in [1.807, 2.05) is 0 Å². The van der Waals surface area contributed by atoms with Crippen LogP contribution in [0.4, 0.5) is 0 Å². The number of benzene rings is 2. The molecule has 0 aromatic heterocycles. The second-order valence-electron chi connectivity index (χ2n) is 7.58. The first kappa shape index (κ1) is 24.5. The van der Waals surface area contributed by atoms with Crippen LogP contribution in [0.2, 0.25) is 0 Å². The van der Waals surface area contributed by atoms with Gasteiger partial charge in [-0.25, -0.2) is 0 Å². The molecule has 2 aliphatic carbocycles. The Morgan fingerprint density at radius 1 is 0.750 bits per heavy atom. The van der Waals surface area contributed by atoms with Gasteiger partial charge in [-0.1, -0.05) is 0 Å². The Hall–Kier alpha value is 0.213. The van der Waals surface area contributed by atoms with Crippen LogP contribution in [0, 0.1) is 0 Å². The van der Waals surface area contributed by atoms with E-state index in [-0.39, 0.29) is 24.8 Å². The molecule has 28 heavy (non-hydrogen) atoms. The zero-order valence-corrected chi connectivity index (χ0v) is 23.4. The molecule has 0 bridgehead atoms. The van der Waals surface area contributed by atoms with Crippen LogP contribution < -0.4 is 24.8 Å². The van der Waals surface area contributed by atoms with Crippen LogP contribution in [0.15, 0.2) is 56.5 Å². The summed E-state index contributed by atoms with van der Waals surface area (Å²) in [6.45, 7) is 9.47. The van der Waals surface area contributed by atoms with Gasteiger partial charge in [0, 0.05) is 0 Å². The van der Waals surface area contributed by atoms with Gasteiger partial charge in [0.25, 0.3) is 0 Å². The standard InChI is InChI=1S/2C10H8Br.C3H6.2ClH.Zr/c2*1-7-5-8-3-2-4-10(11)9(8)6-7;1-3-2;;;/h2*2-6H,1H3;1-2H3;2*1H;/q;;;;;+2/p-2. The quantitative estimate of drug-likeness (QED) is 0.480. The van der Waals surface area contributed by atoms with Crippen molar-refractivity contribution >= 4 is 47.2 Å². The average Bonchev–Trinajstić information content (AvgIpc) is 3.09. The Labute approximate surface area is 205 Å². The number of halogens is 4. The third kappa shape index (κ3) is 4.04. The fourth-order valence-corrected chi connectivity index (χ4v) is 15.0. The van der Waals surface area contributed by atoms with Crippen LogP contribution >= 0.6 is 31.9 Å². The van der Waals surface area contributed by atoms with Crippen molar-refractivity contribution in [3.05, 3.63) is 78.7 Å². The molecule has 0 radical (unpaired) electrons. The number of hydrogen-bond acceptors (Lipinski definition) is 0. The predicted molar refractivity (Wildman–Crippen MR) is 117 cm³/mol. The van der Waals surface area contributed by atoms with Gasteiger partial charge < -0.3 is 24.8 Å². The van der Waals surface area contributed by atoms with Crippen LogP contribution in [0.1, 0.15) is 57.2 Å². The first-order valence-corrected chi connectivity index (χ1v) is 14.7. The molecule has 2 aromatic rings. The monoisotopic (exact) mass is 616 g/mol. The Morgan fingerprint density at radius 2 is 1.14 bits per heavy atom. The topological polar surface area (TPSA) is 0 Å². The summed E-state index contributed by atoms with van der Waals surface area (Å²) in [6, 6.07) is 13.5. The largest absolute Gasteiger partial charge is 1.00 e. The summed E-state index contributed by atoms with van der Waals surface area (Å²) in [7, 11) is 0. The molecule has 2 aliphatic rings. The first-order chi connectivity index (χ1) is 12.4. The van der Waals surface area contributed by atoms with Crippen LogP contribution in [0.5, 0.6) is 0 Å². The molecule has 0 spiro atoms. The zero-order chi connectivity index (χ0) is 18.6. The van der Waals surface area contributed by atoms with Crippen molar-refractivity contribution in [1.29, 1.82) is 0 Å². The number of allylic oxidation sites excluding steroid dienone is 2. The molecule has 2 aromatic carbocycles. The summed E-state index contributed by atoms with van der Waals surface area (Å²) in [4.78, 5) is 0. The van der Waals surface area contributed by atoms with Crippen molar-refractivity contribution in [3.8, 4) is 0 Å². The minimum atomic E-state index is -2.04. The van der Waals surface area contributed by atoms with Crippen LogP contribution in [-0.4, -0.2) is 3.21 Å². The van der Waals surface area contributed by atoms with Gasteiger partial charge in [-0.2, -0.15) is 0 Å². The van der Waals surface area contributed by atoms with Gasteiger partial charge >= 0.3 is 182 Å². The van der Waals surface area contributed by atoms with E-state index >= 15 is 0 Å². The van der Waals surface area contributed by atoms with Crippen molar-refractivity contribution in [3.63, 3.8) is 0 Å². The van der Waals surface area contributed by atoms with Gasteiger partial charge in [0.05, 0.1) is 0 Å². The van der Waals surface area contributed by atoms with Gasteiger partial charge in [0.2, 0.25) is 0 Å². The Morgan fingerprint density at radius 3 is 1.50 bits per heavy atom. The van der Waals surface area contributed by atoms with E-state index < -0.39 is 21.3 Å². The van der Waals surface area contributed by atoms with Gasteiger partial charge in [-0.15, -0.1) is 0 Å². The Balaban J connectivity index is 0.00000140. The van der Waals surface area contributed by atoms with Crippen molar-refractivity contribution < 1.29 is 46.1 Å². The molecule has 5 heteroatoms. The van der Waals surface area contributed by atoms with E-state index in [0.29, 0.717) is 7.25 Å². The van der Waals surface area contributed by atoms with Crippen molar-refractivity contribution in [2.45, 2.75) is 34.9 Å². The molecule has 2 atom stereocenters. The third-order valence-electron chi connectivity index (χ3n) is 5.65. The Kier molecular flexibility index (Phi) is 8.36. The van der Waals surface area contributed by atoms with Crippen molar-refractivity contribution in [2.75, 3.05) is 0 Å². The maximum absolute atomic E-state index is 3.77. The molecule has 146 valence electrons. The molecule has 0 fully saturated rings. The number of rotatable bonds is 2. The van der Waals surface area contributed by atoms with E-state index in [4.69, 9.17) is 0 Å². The van der Waals surface area contributed by atoms with Crippen LogP contribution in [0.25, 0.3) is 12.2 Å². The molecule has 4 rings (SSSR count). The molecule has 0 saturated heterocycles. The van der Waals surface area contributed by atoms with Gasteiger partial charge in [0.1, 0.15) is 0 Å². The second-order valence-corrected chi connectivity index (χ2v) is 16.8. The first-order valence-electron chi connectivity index (χ1n) is 9.00. The third-order valence-corrected chi connectivity index (χ3v) is 16.7. The van der Waals surface area contributed by atoms with Gasteiger partial charge in [0.15, 0.2) is 0 Å². The summed E-state index contributed by atoms with van der Waals surface area (Å²) < 4.78 is 5.43. The second kappa shape index (κ2) is 9.57. The van der Waals surface area contributed by atoms with E-state index in [0.717, 1.165) is 0 Å². The van der Waals surface area contributed by atoms with Crippen LogP contribution in [0.3, 0.4) is 0 Å². The normalized spacial score (nSPS) is 18.6. The maximum atomic E-state index is 3.77. The summed E-state index contributed by atoms with van der Waals surface area (Å²) >= 11 is 5.50. The average molecular weight is 620 g/mol. The summed E-state index contributed by atoms with van der Waals surface area (Å²) in [5.74, 6) is 0. The molecule has 0 aliphatic heterocycles. The maximum Gasteiger partial charge on any atom is -1.00 e. The molecule has 0 amide bonds. The van der Waals surface area contributed by atoms with Crippen molar-refractivity contribution in [1.82, 2.24) is 0 Å². The molecule has 0 saturated carbocycles. The molecule has 0 heterocycles. The summed E-state index contributed by atoms with van der Waals surface area (Å²) in [5.41, 5.74) is 9.01. The SMILES string of the molecule is CC1=Cc2c(Br)cccc2[CH]1[Zr+2](=[C](C)C)[CH]1C(C)=Cc2c(Br)cccc21.[Cl-].[Cl-]. The minimum absolute atomic E-state index is 0. The summed E-state index contributed by atoms with van der Waals surface area (Å²) in [6.07, 6.45) is 4.84. The van der Waals surface area contributed by atoms with Crippen LogP contribution in [-0.2, 0) is 21.3 Å². The van der Waals surface area contributed by atoms with Crippen molar-refractivity contribution in [2.24, 2.45) is 0 Å². The molecule has 0 nitrogen and oxygen atoms in total.